The highest BCUT2D eigenvalue weighted by molar-refractivity contribution is 7.22. The SMILES string of the molecule is c1ccc2sc(Nc3ccc(Oc4nccnc4-c4ccc(N5CCOCC5)cc4)cc3)nc2c1. The highest BCUT2D eigenvalue weighted by Crippen LogP contribution is 2.32. The molecule has 8 heteroatoms. The lowest BCUT2D eigenvalue weighted by Gasteiger charge is -2.28. The number of fused-ring (bicyclic) bond motifs is 1. The minimum Gasteiger partial charge on any atom is -0.437 e. The summed E-state index contributed by atoms with van der Waals surface area (Å²) in [5.74, 6) is 1.16. The highest BCUT2D eigenvalue weighted by Gasteiger charge is 2.14. The van der Waals surface area contributed by atoms with E-state index in [1.165, 1.54) is 5.69 Å². The van der Waals surface area contributed by atoms with Gasteiger partial charge in [0.25, 0.3) is 0 Å². The number of benzene rings is 3. The normalized spacial score (nSPS) is 13.7. The number of aromatic nitrogens is 3. The summed E-state index contributed by atoms with van der Waals surface area (Å²) in [6.07, 6.45) is 3.33. The molecule has 1 saturated heterocycles. The molecule has 0 atom stereocenters. The number of rotatable bonds is 6. The Hall–Kier alpha value is -4.01. The Bertz CT molecular complexity index is 1400. The zero-order valence-electron chi connectivity index (χ0n) is 18.9. The number of para-hydroxylation sites is 1. The quantitative estimate of drug-likeness (QED) is 0.313. The Balaban J connectivity index is 1.17. The molecule has 5 aromatic rings. The van der Waals surface area contributed by atoms with Gasteiger partial charge in [0.2, 0.25) is 5.88 Å². The zero-order chi connectivity index (χ0) is 23.5. The van der Waals surface area contributed by atoms with Gasteiger partial charge in [0.15, 0.2) is 5.13 Å². The molecule has 0 saturated carbocycles. The van der Waals surface area contributed by atoms with Crippen LogP contribution < -0.4 is 15.0 Å². The van der Waals surface area contributed by atoms with Gasteiger partial charge < -0.3 is 19.7 Å². The van der Waals surface area contributed by atoms with E-state index in [0.717, 1.165) is 52.9 Å². The summed E-state index contributed by atoms with van der Waals surface area (Å²) < 4.78 is 12.7. The van der Waals surface area contributed by atoms with Gasteiger partial charge in [-0.15, -0.1) is 0 Å². The molecule has 3 aromatic carbocycles. The van der Waals surface area contributed by atoms with Gasteiger partial charge in [-0.3, -0.25) is 0 Å². The number of anilines is 3. The first kappa shape index (κ1) is 21.5. The second-order valence-corrected chi connectivity index (χ2v) is 9.13. The van der Waals surface area contributed by atoms with Gasteiger partial charge in [-0.1, -0.05) is 35.6 Å². The molecule has 35 heavy (non-hydrogen) atoms. The third kappa shape index (κ3) is 4.80. The topological polar surface area (TPSA) is 72.4 Å². The van der Waals surface area contributed by atoms with Crippen LogP contribution >= 0.6 is 11.3 Å². The van der Waals surface area contributed by atoms with E-state index in [1.54, 1.807) is 23.7 Å². The molecule has 0 amide bonds. The van der Waals surface area contributed by atoms with Gasteiger partial charge in [0.05, 0.1) is 23.4 Å². The lowest BCUT2D eigenvalue weighted by Crippen LogP contribution is -2.36. The molecule has 3 heterocycles. The second kappa shape index (κ2) is 9.69. The van der Waals surface area contributed by atoms with Gasteiger partial charge in [-0.05, 0) is 48.5 Å². The highest BCUT2D eigenvalue weighted by atomic mass is 32.1. The van der Waals surface area contributed by atoms with Crippen LogP contribution in [0, 0.1) is 0 Å². The van der Waals surface area contributed by atoms with Crippen molar-refractivity contribution in [2.45, 2.75) is 0 Å². The third-order valence-electron chi connectivity index (χ3n) is 5.80. The van der Waals surface area contributed by atoms with Crippen LogP contribution in [0.2, 0.25) is 0 Å². The number of nitrogens with zero attached hydrogens (tertiary/aromatic N) is 4. The first-order chi connectivity index (χ1) is 17.3. The average molecular weight is 482 g/mol. The molecule has 0 aliphatic carbocycles. The Morgan fingerprint density at radius 1 is 0.857 bits per heavy atom. The van der Waals surface area contributed by atoms with Crippen LogP contribution in [0.3, 0.4) is 0 Å². The fourth-order valence-corrected chi connectivity index (χ4v) is 4.90. The molecule has 7 nitrogen and oxygen atoms in total. The lowest BCUT2D eigenvalue weighted by molar-refractivity contribution is 0.122. The van der Waals surface area contributed by atoms with Crippen molar-refractivity contribution < 1.29 is 9.47 Å². The van der Waals surface area contributed by atoms with Crippen molar-refractivity contribution in [1.29, 1.82) is 0 Å². The van der Waals surface area contributed by atoms with E-state index < -0.39 is 0 Å². The molecule has 1 N–H and O–H groups in total. The van der Waals surface area contributed by atoms with Crippen LogP contribution in [0.15, 0.2) is 85.2 Å². The van der Waals surface area contributed by atoms with Gasteiger partial charge >= 0.3 is 0 Å². The van der Waals surface area contributed by atoms with Crippen LogP contribution in [0.1, 0.15) is 0 Å². The summed E-state index contributed by atoms with van der Waals surface area (Å²) in [5.41, 5.74) is 4.78. The molecular weight excluding hydrogens is 458 g/mol. The third-order valence-corrected chi connectivity index (χ3v) is 6.75. The lowest BCUT2D eigenvalue weighted by atomic mass is 10.1. The first-order valence-corrected chi connectivity index (χ1v) is 12.3. The van der Waals surface area contributed by atoms with E-state index in [9.17, 15) is 0 Å². The van der Waals surface area contributed by atoms with Crippen LogP contribution in [0.4, 0.5) is 16.5 Å². The smallest absolute Gasteiger partial charge is 0.246 e. The molecule has 1 fully saturated rings. The van der Waals surface area contributed by atoms with Crippen LogP contribution in [0.25, 0.3) is 21.5 Å². The van der Waals surface area contributed by atoms with Gasteiger partial charge in [-0.25, -0.2) is 15.0 Å². The summed E-state index contributed by atoms with van der Waals surface area (Å²) in [4.78, 5) is 15.9. The first-order valence-electron chi connectivity index (χ1n) is 11.5. The molecule has 0 radical (unpaired) electrons. The van der Waals surface area contributed by atoms with Crippen LogP contribution in [0.5, 0.6) is 11.6 Å². The minimum atomic E-state index is 0.471. The Morgan fingerprint density at radius 2 is 1.63 bits per heavy atom. The largest absolute Gasteiger partial charge is 0.437 e. The van der Waals surface area contributed by atoms with Crippen molar-refractivity contribution in [3.63, 3.8) is 0 Å². The number of morpholine rings is 1. The fourth-order valence-electron chi connectivity index (χ4n) is 4.02. The molecule has 0 spiro atoms. The molecule has 1 aliphatic rings. The fraction of sp³-hybridized carbons (Fsp3) is 0.148. The maximum atomic E-state index is 6.12. The molecule has 2 aromatic heterocycles. The number of thiazole rings is 1. The average Bonchev–Trinajstić information content (AvgIpc) is 3.33. The maximum absolute atomic E-state index is 6.12. The number of hydrogen-bond acceptors (Lipinski definition) is 8. The monoisotopic (exact) mass is 481 g/mol. The van der Waals surface area contributed by atoms with Crippen LogP contribution in [-0.2, 0) is 4.74 Å². The van der Waals surface area contributed by atoms with Crippen molar-refractivity contribution in [1.82, 2.24) is 15.0 Å². The molecular formula is C27H23N5O2S. The maximum Gasteiger partial charge on any atom is 0.246 e. The van der Waals surface area contributed by atoms with E-state index in [4.69, 9.17) is 9.47 Å². The summed E-state index contributed by atoms with van der Waals surface area (Å²) in [6.45, 7) is 3.34. The Kier molecular flexibility index (Phi) is 5.96. The standard InChI is InChI=1S/C27H23N5O2S/c1-2-4-24-23(3-1)31-27(35-24)30-20-7-11-22(12-8-20)34-26-25(28-13-14-29-26)19-5-9-21(10-6-19)32-15-17-33-18-16-32/h1-14H,15-18H2,(H,30,31). The van der Waals surface area contributed by atoms with Gasteiger partial charge in [0, 0.05) is 42.4 Å². The molecule has 0 unspecified atom stereocenters. The van der Waals surface area contributed by atoms with Crippen molar-refractivity contribution in [2.24, 2.45) is 0 Å². The van der Waals surface area contributed by atoms with Gasteiger partial charge in [-0.2, -0.15) is 0 Å². The predicted octanol–water partition coefficient (Wildman–Crippen LogP) is 6.13. The number of ether oxygens (including phenoxy) is 2. The van der Waals surface area contributed by atoms with Gasteiger partial charge in [0.1, 0.15) is 11.4 Å². The predicted molar refractivity (Wildman–Crippen MR) is 140 cm³/mol. The Labute approximate surface area is 207 Å². The van der Waals surface area contributed by atoms with E-state index >= 15 is 0 Å². The molecule has 0 bridgehead atoms. The molecule has 174 valence electrons. The molecule has 1 aliphatic heterocycles. The summed E-state index contributed by atoms with van der Waals surface area (Å²) in [5, 5.41) is 4.22. The van der Waals surface area contributed by atoms with Crippen LogP contribution in [-0.4, -0.2) is 41.3 Å². The van der Waals surface area contributed by atoms with Crippen molar-refractivity contribution in [3.8, 4) is 22.9 Å². The van der Waals surface area contributed by atoms with Crippen molar-refractivity contribution in [3.05, 3.63) is 85.2 Å². The Morgan fingerprint density at radius 3 is 2.43 bits per heavy atom. The molecule has 6 rings (SSSR count). The second-order valence-electron chi connectivity index (χ2n) is 8.09. The van der Waals surface area contributed by atoms with Crippen molar-refractivity contribution in [2.75, 3.05) is 36.5 Å². The number of nitrogens with one attached hydrogen (secondary N) is 1. The van der Waals surface area contributed by atoms with E-state index in [1.807, 2.05) is 42.5 Å². The van der Waals surface area contributed by atoms with Crippen molar-refractivity contribution >= 4 is 38.1 Å². The van der Waals surface area contributed by atoms with E-state index in [0.29, 0.717) is 17.3 Å². The summed E-state index contributed by atoms with van der Waals surface area (Å²) >= 11 is 1.63. The zero-order valence-corrected chi connectivity index (χ0v) is 19.7. The summed E-state index contributed by atoms with van der Waals surface area (Å²) in [6, 6.07) is 24.2. The minimum absolute atomic E-state index is 0.471. The van der Waals surface area contributed by atoms with E-state index in [-0.39, 0.29) is 0 Å². The summed E-state index contributed by atoms with van der Waals surface area (Å²) in [7, 11) is 0. The van der Waals surface area contributed by atoms with E-state index in [2.05, 4.69) is 55.5 Å². The number of hydrogen-bond donors (Lipinski definition) is 1.